The zero-order valence-electron chi connectivity index (χ0n) is 10.7. The van der Waals surface area contributed by atoms with Gasteiger partial charge in [-0.15, -0.1) is 0 Å². The van der Waals surface area contributed by atoms with Crippen LogP contribution in [0.2, 0.25) is 5.02 Å². The SMILES string of the molecule is O=C(NO)c1cnc(N[C@@H]2COc3ccc(Cl)cc32)nc1. The van der Waals surface area contributed by atoms with Crippen molar-refractivity contribution in [1.29, 1.82) is 0 Å². The van der Waals surface area contributed by atoms with Gasteiger partial charge < -0.3 is 10.1 Å². The molecule has 0 saturated carbocycles. The van der Waals surface area contributed by atoms with Crippen LogP contribution >= 0.6 is 11.6 Å². The van der Waals surface area contributed by atoms with Crippen molar-refractivity contribution in [2.24, 2.45) is 0 Å². The molecule has 7 nitrogen and oxygen atoms in total. The Kier molecular flexibility index (Phi) is 3.59. The second kappa shape index (κ2) is 5.55. The van der Waals surface area contributed by atoms with Gasteiger partial charge in [-0.05, 0) is 18.2 Å². The summed E-state index contributed by atoms with van der Waals surface area (Å²) in [6, 6.07) is 5.29. The van der Waals surface area contributed by atoms with Crippen LogP contribution in [0.5, 0.6) is 5.75 Å². The lowest BCUT2D eigenvalue weighted by Gasteiger charge is -2.11. The fourth-order valence-corrected chi connectivity index (χ4v) is 2.23. The summed E-state index contributed by atoms with van der Waals surface area (Å²) < 4.78 is 5.54. The summed E-state index contributed by atoms with van der Waals surface area (Å²) in [5.74, 6) is 0.460. The van der Waals surface area contributed by atoms with E-state index in [0.717, 1.165) is 11.3 Å². The molecule has 1 aromatic heterocycles. The molecule has 1 aliphatic heterocycles. The minimum atomic E-state index is -0.664. The van der Waals surface area contributed by atoms with Gasteiger partial charge in [0.15, 0.2) is 0 Å². The molecule has 1 aromatic carbocycles. The van der Waals surface area contributed by atoms with E-state index in [1.165, 1.54) is 17.9 Å². The molecule has 2 aromatic rings. The lowest BCUT2D eigenvalue weighted by atomic mass is 10.1. The average Bonchev–Trinajstić information content (AvgIpc) is 2.89. The van der Waals surface area contributed by atoms with Crippen LogP contribution in [0.15, 0.2) is 30.6 Å². The van der Waals surface area contributed by atoms with E-state index < -0.39 is 5.91 Å². The molecule has 0 radical (unpaired) electrons. The monoisotopic (exact) mass is 306 g/mol. The molecule has 1 atom stereocenters. The number of aromatic nitrogens is 2. The second-order valence-electron chi connectivity index (χ2n) is 4.43. The van der Waals surface area contributed by atoms with Crippen LogP contribution in [0.25, 0.3) is 0 Å². The molecule has 0 unspecified atom stereocenters. The zero-order valence-corrected chi connectivity index (χ0v) is 11.5. The molecule has 1 aliphatic rings. The van der Waals surface area contributed by atoms with E-state index in [2.05, 4.69) is 15.3 Å². The summed E-state index contributed by atoms with van der Waals surface area (Å²) in [6.07, 6.45) is 2.63. The van der Waals surface area contributed by atoms with Crippen molar-refractivity contribution in [1.82, 2.24) is 15.4 Å². The van der Waals surface area contributed by atoms with E-state index >= 15 is 0 Å². The topological polar surface area (TPSA) is 96.4 Å². The number of anilines is 1. The number of fused-ring (bicyclic) bond motifs is 1. The third-order valence-electron chi connectivity index (χ3n) is 3.07. The first kappa shape index (κ1) is 13.6. The van der Waals surface area contributed by atoms with Gasteiger partial charge in [0.2, 0.25) is 5.95 Å². The number of hydrogen-bond donors (Lipinski definition) is 3. The number of halogens is 1. The van der Waals surface area contributed by atoms with Crippen molar-refractivity contribution in [3.8, 4) is 5.75 Å². The standard InChI is InChI=1S/C13H11ClN4O3/c14-8-1-2-11-9(3-8)10(6-21-11)17-13-15-4-7(5-16-13)12(19)18-20/h1-5,10,20H,6H2,(H,18,19)(H,15,16,17)/t10-/m1/s1. The van der Waals surface area contributed by atoms with E-state index in [1.54, 1.807) is 6.07 Å². The Balaban J connectivity index is 1.77. The number of carbonyl (C=O) groups excluding carboxylic acids is 1. The molecule has 0 spiro atoms. The van der Waals surface area contributed by atoms with Gasteiger partial charge >= 0.3 is 0 Å². The lowest BCUT2D eigenvalue weighted by Crippen LogP contribution is -2.20. The molecule has 108 valence electrons. The molecular formula is C13H11ClN4O3. The maximum Gasteiger partial charge on any atom is 0.277 e. The van der Waals surface area contributed by atoms with Gasteiger partial charge in [0.25, 0.3) is 5.91 Å². The van der Waals surface area contributed by atoms with E-state index in [-0.39, 0.29) is 11.6 Å². The largest absolute Gasteiger partial charge is 0.491 e. The maximum absolute atomic E-state index is 11.2. The Hall–Kier alpha value is -2.38. The number of nitrogens with zero attached hydrogens (tertiary/aromatic N) is 2. The van der Waals surface area contributed by atoms with Gasteiger partial charge in [-0.1, -0.05) is 11.6 Å². The fourth-order valence-electron chi connectivity index (χ4n) is 2.05. The Morgan fingerprint density at radius 3 is 2.86 bits per heavy atom. The first-order chi connectivity index (χ1) is 10.2. The van der Waals surface area contributed by atoms with Crippen LogP contribution in [0, 0.1) is 0 Å². The number of amides is 1. The Bertz CT molecular complexity index is 678. The molecule has 3 N–H and O–H groups in total. The van der Waals surface area contributed by atoms with Crippen molar-refractivity contribution in [2.75, 3.05) is 11.9 Å². The van der Waals surface area contributed by atoms with Gasteiger partial charge in [0.1, 0.15) is 12.4 Å². The number of hydrogen-bond acceptors (Lipinski definition) is 6. The van der Waals surface area contributed by atoms with Gasteiger partial charge in [-0.2, -0.15) is 0 Å². The molecule has 0 bridgehead atoms. The van der Waals surface area contributed by atoms with E-state index in [0.29, 0.717) is 17.6 Å². The molecular weight excluding hydrogens is 296 g/mol. The normalized spacial score (nSPS) is 16.0. The number of nitrogens with one attached hydrogen (secondary N) is 2. The van der Waals surface area contributed by atoms with Crippen LogP contribution in [0.1, 0.15) is 22.0 Å². The van der Waals surface area contributed by atoms with E-state index in [4.69, 9.17) is 21.5 Å². The third-order valence-corrected chi connectivity index (χ3v) is 3.31. The van der Waals surface area contributed by atoms with Crippen molar-refractivity contribution in [3.63, 3.8) is 0 Å². The van der Waals surface area contributed by atoms with Crippen LogP contribution in [0.4, 0.5) is 5.95 Å². The average molecular weight is 307 g/mol. The summed E-state index contributed by atoms with van der Waals surface area (Å²) in [7, 11) is 0. The summed E-state index contributed by atoms with van der Waals surface area (Å²) in [5.41, 5.74) is 2.61. The molecule has 3 rings (SSSR count). The van der Waals surface area contributed by atoms with E-state index in [1.807, 2.05) is 12.1 Å². The summed E-state index contributed by atoms with van der Waals surface area (Å²) >= 11 is 5.98. The summed E-state index contributed by atoms with van der Waals surface area (Å²) in [5, 5.41) is 12.3. The smallest absolute Gasteiger partial charge is 0.277 e. The molecule has 0 saturated heterocycles. The number of benzene rings is 1. The summed E-state index contributed by atoms with van der Waals surface area (Å²) in [6.45, 7) is 0.442. The minimum absolute atomic E-state index is 0.115. The lowest BCUT2D eigenvalue weighted by molar-refractivity contribution is 0.0705. The quantitative estimate of drug-likeness (QED) is 0.591. The van der Waals surface area contributed by atoms with Crippen LogP contribution in [-0.4, -0.2) is 27.7 Å². The van der Waals surface area contributed by atoms with Crippen molar-refractivity contribution in [2.45, 2.75) is 6.04 Å². The molecule has 8 heteroatoms. The first-order valence-electron chi connectivity index (χ1n) is 6.12. The van der Waals surface area contributed by atoms with Gasteiger partial charge in [0.05, 0.1) is 11.6 Å². The predicted octanol–water partition coefficient (Wildman–Crippen LogP) is 1.79. The Morgan fingerprint density at radius 1 is 1.38 bits per heavy atom. The molecule has 21 heavy (non-hydrogen) atoms. The molecule has 0 aliphatic carbocycles. The van der Waals surface area contributed by atoms with Crippen LogP contribution in [-0.2, 0) is 0 Å². The third kappa shape index (κ3) is 2.74. The van der Waals surface area contributed by atoms with Gasteiger partial charge in [-0.3, -0.25) is 10.0 Å². The van der Waals surface area contributed by atoms with Crippen molar-refractivity contribution >= 4 is 23.5 Å². The van der Waals surface area contributed by atoms with Gasteiger partial charge in [0, 0.05) is 23.0 Å². The first-order valence-corrected chi connectivity index (χ1v) is 6.50. The molecule has 2 heterocycles. The highest BCUT2D eigenvalue weighted by atomic mass is 35.5. The predicted molar refractivity (Wildman–Crippen MR) is 74.6 cm³/mol. The molecule has 1 amide bonds. The van der Waals surface area contributed by atoms with Gasteiger partial charge in [-0.25, -0.2) is 15.4 Å². The highest BCUT2D eigenvalue weighted by molar-refractivity contribution is 6.30. The Labute approximate surface area is 124 Å². The van der Waals surface area contributed by atoms with Crippen molar-refractivity contribution < 1.29 is 14.7 Å². The fraction of sp³-hybridized carbons (Fsp3) is 0.154. The number of ether oxygens (including phenoxy) is 1. The molecule has 0 fully saturated rings. The van der Waals surface area contributed by atoms with E-state index in [9.17, 15) is 4.79 Å². The number of rotatable bonds is 3. The minimum Gasteiger partial charge on any atom is -0.491 e. The number of carbonyl (C=O) groups is 1. The highest BCUT2D eigenvalue weighted by Crippen LogP contribution is 2.35. The zero-order chi connectivity index (χ0) is 14.8. The van der Waals surface area contributed by atoms with Crippen LogP contribution < -0.4 is 15.5 Å². The Morgan fingerprint density at radius 2 is 2.14 bits per heavy atom. The van der Waals surface area contributed by atoms with Crippen LogP contribution in [0.3, 0.4) is 0 Å². The van der Waals surface area contributed by atoms with Crippen molar-refractivity contribution in [3.05, 3.63) is 46.7 Å². The highest BCUT2D eigenvalue weighted by Gasteiger charge is 2.25. The second-order valence-corrected chi connectivity index (χ2v) is 4.86. The summed E-state index contributed by atoms with van der Waals surface area (Å²) in [4.78, 5) is 19.2. The number of hydroxylamine groups is 1. The maximum atomic E-state index is 11.2.